The highest BCUT2D eigenvalue weighted by atomic mass is 15.2. The summed E-state index contributed by atoms with van der Waals surface area (Å²) in [6.07, 6.45) is 3.13. The van der Waals surface area contributed by atoms with Crippen LogP contribution in [0.25, 0.3) is 0 Å². The number of hydrogen-bond donors (Lipinski definition) is 3. The lowest BCUT2D eigenvalue weighted by atomic mass is 9.93. The third kappa shape index (κ3) is 4.44. The van der Waals surface area contributed by atoms with Gasteiger partial charge in [-0.3, -0.25) is 0 Å². The summed E-state index contributed by atoms with van der Waals surface area (Å²) in [4.78, 5) is 5.77. The van der Waals surface area contributed by atoms with Crippen LogP contribution in [0.1, 0.15) is 26.7 Å². The zero-order chi connectivity index (χ0) is 12.8. The first-order chi connectivity index (χ1) is 7.32. The van der Waals surface area contributed by atoms with Gasteiger partial charge in [0.1, 0.15) is 5.82 Å². The van der Waals surface area contributed by atoms with Crippen molar-refractivity contribution >= 4 is 12.1 Å². The van der Waals surface area contributed by atoms with Crippen molar-refractivity contribution in [1.82, 2.24) is 4.90 Å². The molecule has 0 spiro atoms. The van der Waals surface area contributed by atoms with Gasteiger partial charge < -0.3 is 21.8 Å². The van der Waals surface area contributed by atoms with Crippen LogP contribution < -0.4 is 11.5 Å². The average molecular weight is 225 g/mol. The topological polar surface area (TPSA) is 91.5 Å². The Morgan fingerprint density at radius 2 is 2.12 bits per heavy atom. The van der Waals surface area contributed by atoms with Gasteiger partial charge in [-0.2, -0.15) is 0 Å². The maximum absolute atomic E-state index is 8.00. The number of rotatable bonds is 7. The first-order valence-electron chi connectivity index (χ1n) is 5.31. The Morgan fingerprint density at radius 3 is 2.56 bits per heavy atom. The predicted octanol–water partition coefficient (Wildman–Crippen LogP) is 0.914. The summed E-state index contributed by atoms with van der Waals surface area (Å²) in [6.45, 7) is 8.03. The molecule has 0 aromatic carbocycles. The van der Waals surface area contributed by atoms with E-state index in [1.165, 1.54) is 0 Å². The van der Waals surface area contributed by atoms with Crippen molar-refractivity contribution in [2.24, 2.45) is 16.5 Å². The molecule has 0 aliphatic rings. The molecular formula is C11H23N5. The number of nitrogens with one attached hydrogen (secondary N) is 1. The van der Waals surface area contributed by atoms with E-state index in [1.807, 2.05) is 25.8 Å². The molecule has 0 heterocycles. The molecule has 0 aliphatic carbocycles. The van der Waals surface area contributed by atoms with Gasteiger partial charge in [-0.1, -0.05) is 6.58 Å². The lowest BCUT2D eigenvalue weighted by molar-refractivity contribution is 0.349. The Labute approximate surface area is 97.7 Å². The van der Waals surface area contributed by atoms with Crippen molar-refractivity contribution in [2.75, 3.05) is 13.6 Å². The van der Waals surface area contributed by atoms with E-state index in [-0.39, 0.29) is 11.4 Å². The summed E-state index contributed by atoms with van der Waals surface area (Å²) in [5, 5.41) is 8.00. The normalized spacial score (nSPS) is 11.8. The molecule has 0 rings (SSSR count). The number of nitrogens with zero attached hydrogens (tertiary/aromatic N) is 2. The second-order valence-electron chi connectivity index (χ2n) is 4.28. The molecule has 0 saturated carbocycles. The third-order valence-electron chi connectivity index (χ3n) is 2.65. The van der Waals surface area contributed by atoms with Gasteiger partial charge in [-0.25, -0.2) is 4.99 Å². The van der Waals surface area contributed by atoms with Crippen molar-refractivity contribution in [3.8, 4) is 0 Å². The van der Waals surface area contributed by atoms with Crippen molar-refractivity contribution in [3.63, 3.8) is 0 Å². The second kappa shape index (κ2) is 6.27. The molecule has 0 bridgehead atoms. The molecule has 5 nitrogen and oxygen atoms in total. The highest BCUT2D eigenvalue weighted by molar-refractivity contribution is 5.91. The van der Waals surface area contributed by atoms with Crippen molar-refractivity contribution < 1.29 is 0 Å². The molecule has 0 unspecified atom stereocenters. The average Bonchev–Trinajstić information content (AvgIpc) is 2.21. The minimum absolute atomic E-state index is 0.260. The fraction of sp³-hybridized carbons (Fsp3) is 0.636. The maximum atomic E-state index is 8.00. The summed E-state index contributed by atoms with van der Waals surface area (Å²) >= 11 is 0. The Bertz CT molecular complexity index is 280. The smallest absolute Gasteiger partial charge is 0.117 e. The van der Waals surface area contributed by atoms with Gasteiger partial charge in [-0.05, 0) is 33.2 Å². The van der Waals surface area contributed by atoms with Crippen molar-refractivity contribution in [2.45, 2.75) is 32.2 Å². The van der Waals surface area contributed by atoms with Crippen LogP contribution in [0.2, 0.25) is 0 Å². The Morgan fingerprint density at radius 1 is 1.56 bits per heavy atom. The zero-order valence-electron chi connectivity index (χ0n) is 10.5. The summed E-state index contributed by atoms with van der Waals surface area (Å²) in [7, 11) is 1.86. The largest absolute Gasteiger partial charge is 0.384 e. The van der Waals surface area contributed by atoms with Crippen LogP contribution in [0.5, 0.6) is 0 Å². The Kier molecular flexibility index (Phi) is 5.74. The molecule has 16 heavy (non-hydrogen) atoms. The minimum atomic E-state index is -0.381. The van der Waals surface area contributed by atoms with E-state index in [0.717, 1.165) is 6.42 Å². The van der Waals surface area contributed by atoms with Gasteiger partial charge in [0.15, 0.2) is 0 Å². The second-order valence-corrected chi connectivity index (χ2v) is 4.28. The Hall–Kier alpha value is -1.36. The van der Waals surface area contributed by atoms with Crippen LogP contribution in [-0.4, -0.2) is 36.1 Å². The number of nitrogens with two attached hydrogens (primary N) is 2. The zero-order valence-corrected chi connectivity index (χ0v) is 10.5. The van der Waals surface area contributed by atoms with E-state index < -0.39 is 0 Å². The molecule has 5 N–H and O–H groups in total. The lowest BCUT2D eigenvalue weighted by Gasteiger charge is -2.34. The molecule has 0 fully saturated rings. The summed E-state index contributed by atoms with van der Waals surface area (Å²) in [5.74, 6) is 0.260. The maximum Gasteiger partial charge on any atom is 0.117 e. The molecule has 0 aromatic rings. The standard InChI is InChI=1S/C11H23N5/c1-9(13)15-8-16(4)11(2,3)10(14)6-5-7-12/h8,14H,1,5-7,12-13H2,2-4H3. The van der Waals surface area contributed by atoms with Gasteiger partial charge in [0.25, 0.3) is 0 Å². The predicted molar refractivity (Wildman–Crippen MR) is 69.7 cm³/mol. The number of hydrogen-bond acceptors (Lipinski definition) is 4. The molecule has 0 radical (unpaired) electrons. The van der Waals surface area contributed by atoms with Crippen LogP contribution in [0.4, 0.5) is 0 Å². The van der Waals surface area contributed by atoms with Gasteiger partial charge >= 0.3 is 0 Å². The molecule has 0 amide bonds. The summed E-state index contributed by atoms with van der Waals surface area (Å²) in [5.41, 5.74) is 11.0. The van der Waals surface area contributed by atoms with E-state index in [2.05, 4.69) is 11.6 Å². The molecule has 0 aliphatic heterocycles. The molecule has 92 valence electrons. The fourth-order valence-corrected chi connectivity index (χ4v) is 1.10. The Balaban J connectivity index is 4.51. The quantitative estimate of drug-likeness (QED) is 0.444. The van der Waals surface area contributed by atoms with Crippen LogP contribution >= 0.6 is 0 Å². The van der Waals surface area contributed by atoms with Crippen LogP contribution in [0.15, 0.2) is 17.4 Å². The lowest BCUT2D eigenvalue weighted by Crippen LogP contribution is -2.47. The van der Waals surface area contributed by atoms with Crippen LogP contribution in [0.3, 0.4) is 0 Å². The highest BCUT2D eigenvalue weighted by Gasteiger charge is 2.26. The summed E-state index contributed by atoms with van der Waals surface area (Å²) in [6, 6.07) is 0. The van der Waals surface area contributed by atoms with Gasteiger partial charge in [-0.15, -0.1) is 0 Å². The molecule has 0 aromatic heterocycles. The van der Waals surface area contributed by atoms with Gasteiger partial charge in [0.2, 0.25) is 0 Å². The highest BCUT2D eigenvalue weighted by Crippen LogP contribution is 2.15. The molecule has 0 saturated heterocycles. The van der Waals surface area contributed by atoms with E-state index in [9.17, 15) is 0 Å². The fourth-order valence-electron chi connectivity index (χ4n) is 1.10. The molecule has 0 atom stereocenters. The van der Waals surface area contributed by atoms with Crippen molar-refractivity contribution in [1.29, 1.82) is 5.41 Å². The first kappa shape index (κ1) is 14.6. The van der Waals surface area contributed by atoms with Crippen molar-refractivity contribution in [3.05, 3.63) is 12.4 Å². The van der Waals surface area contributed by atoms with Crippen LogP contribution in [0, 0.1) is 5.41 Å². The van der Waals surface area contributed by atoms with E-state index in [0.29, 0.717) is 18.7 Å². The van der Waals surface area contributed by atoms with Crippen LogP contribution in [-0.2, 0) is 0 Å². The van der Waals surface area contributed by atoms with E-state index in [1.54, 1.807) is 6.34 Å². The first-order valence-corrected chi connectivity index (χ1v) is 5.31. The van der Waals surface area contributed by atoms with Gasteiger partial charge in [0, 0.05) is 12.8 Å². The SMILES string of the molecule is C=C(N)N=CN(C)C(C)(C)C(=N)CCCN. The summed E-state index contributed by atoms with van der Waals surface area (Å²) < 4.78 is 0. The minimum Gasteiger partial charge on any atom is -0.384 e. The molecule has 5 heteroatoms. The molecular weight excluding hydrogens is 202 g/mol. The van der Waals surface area contributed by atoms with E-state index >= 15 is 0 Å². The van der Waals surface area contributed by atoms with Gasteiger partial charge in [0.05, 0.1) is 11.9 Å². The van der Waals surface area contributed by atoms with E-state index in [4.69, 9.17) is 16.9 Å². The monoisotopic (exact) mass is 225 g/mol. The number of aliphatic imine (C=N–C) groups is 1. The third-order valence-corrected chi connectivity index (χ3v) is 2.65.